The lowest BCUT2D eigenvalue weighted by Crippen LogP contribution is -2.18. The van der Waals surface area contributed by atoms with Crippen molar-refractivity contribution in [2.45, 2.75) is 6.92 Å². The maximum atomic E-state index is 11.2. The van der Waals surface area contributed by atoms with Gasteiger partial charge in [0.15, 0.2) is 0 Å². The van der Waals surface area contributed by atoms with E-state index in [0.717, 1.165) is 0 Å². The molecule has 0 spiro atoms. The maximum Gasteiger partial charge on any atom is 0.250 e. The Labute approximate surface area is 88.0 Å². The molecule has 0 saturated carbocycles. The van der Waals surface area contributed by atoms with Crippen LogP contribution in [0, 0.1) is 0 Å². The predicted octanol–water partition coefficient (Wildman–Crippen LogP) is 2.32. The molecule has 1 amide bonds. The van der Waals surface area contributed by atoms with Gasteiger partial charge in [0.1, 0.15) is 6.61 Å². The van der Waals surface area contributed by atoms with Crippen LogP contribution in [0.5, 0.6) is 0 Å². The number of halogens is 1. The number of carbonyl (C=O) groups is 1. The molecule has 1 aromatic rings. The van der Waals surface area contributed by atoms with E-state index >= 15 is 0 Å². The Hall–Kier alpha value is -1.06. The van der Waals surface area contributed by atoms with Crippen LogP contribution in [0.1, 0.15) is 6.92 Å². The highest BCUT2D eigenvalue weighted by Gasteiger charge is 2.01. The van der Waals surface area contributed by atoms with Crippen LogP contribution in [0.25, 0.3) is 0 Å². The first-order valence-electron chi connectivity index (χ1n) is 4.35. The molecule has 3 nitrogen and oxygen atoms in total. The molecular formula is C10H12ClNO2. The number of carbonyl (C=O) groups excluding carboxylic acids is 1. The summed E-state index contributed by atoms with van der Waals surface area (Å²) in [7, 11) is 0. The SMILES string of the molecule is CCOCC(=O)Nc1cccc(Cl)c1. The van der Waals surface area contributed by atoms with Crippen LogP contribution in [0.3, 0.4) is 0 Å². The molecule has 0 aliphatic rings. The minimum absolute atomic E-state index is 0.0724. The summed E-state index contributed by atoms with van der Waals surface area (Å²) in [4.78, 5) is 11.2. The highest BCUT2D eigenvalue weighted by atomic mass is 35.5. The molecule has 0 atom stereocenters. The summed E-state index contributed by atoms with van der Waals surface area (Å²) in [6.07, 6.45) is 0. The van der Waals surface area contributed by atoms with Gasteiger partial charge in [0.25, 0.3) is 0 Å². The molecule has 0 radical (unpaired) electrons. The van der Waals surface area contributed by atoms with E-state index in [0.29, 0.717) is 17.3 Å². The van der Waals surface area contributed by atoms with Crippen LogP contribution < -0.4 is 5.32 Å². The Morgan fingerprint density at radius 3 is 3.00 bits per heavy atom. The van der Waals surface area contributed by atoms with Gasteiger partial charge < -0.3 is 10.1 Å². The minimum Gasteiger partial charge on any atom is -0.372 e. The molecule has 0 aliphatic heterocycles. The van der Waals surface area contributed by atoms with E-state index in [2.05, 4.69) is 5.32 Å². The van der Waals surface area contributed by atoms with Crippen LogP contribution >= 0.6 is 11.6 Å². The Morgan fingerprint density at radius 1 is 1.57 bits per heavy atom. The van der Waals surface area contributed by atoms with Crippen molar-refractivity contribution < 1.29 is 9.53 Å². The summed E-state index contributed by atoms with van der Waals surface area (Å²) in [5.74, 6) is -0.172. The number of anilines is 1. The number of rotatable bonds is 4. The molecular weight excluding hydrogens is 202 g/mol. The number of amides is 1. The molecule has 1 N–H and O–H groups in total. The maximum absolute atomic E-state index is 11.2. The van der Waals surface area contributed by atoms with Gasteiger partial charge in [-0.3, -0.25) is 4.79 Å². The van der Waals surface area contributed by atoms with E-state index in [1.54, 1.807) is 24.3 Å². The van der Waals surface area contributed by atoms with Crippen molar-refractivity contribution in [2.75, 3.05) is 18.5 Å². The van der Waals surface area contributed by atoms with Crippen LogP contribution in [0.15, 0.2) is 24.3 Å². The van der Waals surface area contributed by atoms with E-state index in [4.69, 9.17) is 16.3 Å². The quantitative estimate of drug-likeness (QED) is 0.834. The largest absolute Gasteiger partial charge is 0.372 e. The minimum atomic E-state index is -0.172. The second-order valence-electron chi connectivity index (χ2n) is 2.70. The lowest BCUT2D eigenvalue weighted by Gasteiger charge is -2.04. The summed E-state index contributed by atoms with van der Waals surface area (Å²) in [5.41, 5.74) is 0.683. The van der Waals surface area contributed by atoms with Gasteiger partial charge in [-0.15, -0.1) is 0 Å². The van der Waals surface area contributed by atoms with Crippen molar-refractivity contribution in [1.82, 2.24) is 0 Å². The summed E-state index contributed by atoms with van der Waals surface area (Å²) < 4.78 is 4.95. The van der Waals surface area contributed by atoms with Gasteiger partial charge in [-0.2, -0.15) is 0 Å². The Bertz CT molecular complexity index is 315. The molecule has 4 heteroatoms. The van der Waals surface area contributed by atoms with E-state index in [1.165, 1.54) is 0 Å². The van der Waals surface area contributed by atoms with Crippen molar-refractivity contribution >= 4 is 23.2 Å². The fourth-order valence-corrected chi connectivity index (χ4v) is 1.15. The third-order valence-corrected chi connectivity index (χ3v) is 1.78. The highest BCUT2D eigenvalue weighted by molar-refractivity contribution is 6.30. The fraction of sp³-hybridized carbons (Fsp3) is 0.300. The zero-order chi connectivity index (χ0) is 10.4. The average Bonchev–Trinajstić information content (AvgIpc) is 2.15. The fourth-order valence-electron chi connectivity index (χ4n) is 0.958. The van der Waals surface area contributed by atoms with Crippen LogP contribution in [0.4, 0.5) is 5.69 Å². The molecule has 0 saturated heterocycles. The summed E-state index contributed by atoms with van der Waals surface area (Å²) >= 11 is 5.75. The third-order valence-electron chi connectivity index (χ3n) is 1.55. The first kappa shape index (κ1) is 11.0. The van der Waals surface area contributed by atoms with Crippen LogP contribution in [0.2, 0.25) is 5.02 Å². The Morgan fingerprint density at radius 2 is 2.36 bits per heavy atom. The Balaban J connectivity index is 2.47. The second kappa shape index (κ2) is 5.62. The first-order chi connectivity index (χ1) is 6.72. The predicted molar refractivity (Wildman–Crippen MR) is 56.6 cm³/mol. The van der Waals surface area contributed by atoms with Crippen molar-refractivity contribution in [2.24, 2.45) is 0 Å². The highest BCUT2D eigenvalue weighted by Crippen LogP contribution is 2.14. The monoisotopic (exact) mass is 213 g/mol. The number of nitrogens with one attached hydrogen (secondary N) is 1. The number of benzene rings is 1. The number of ether oxygens (including phenoxy) is 1. The van der Waals surface area contributed by atoms with Crippen molar-refractivity contribution in [1.29, 1.82) is 0 Å². The van der Waals surface area contributed by atoms with E-state index in [1.807, 2.05) is 6.92 Å². The van der Waals surface area contributed by atoms with E-state index in [9.17, 15) is 4.79 Å². The van der Waals surface area contributed by atoms with Crippen LogP contribution in [-0.4, -0.2) is 19.1 Å². The lowest BCUT2D eigenvalue weighted by molar-refractivity contribution is -0.120. The van der Waals surface area contributed by atoms with Gasteiger partial charge in [0, 0.05) is 17.3 Å². The number of hydrogen-bond donors (Lipinski definition) is 1. The Kier molecular flexibility index (Phi) is 4.43. The molecule has 1 rings (SSSR count). The zero-order valence-corrected chi connectivity index (χ0v) is 8.67. The average molecular weight is 214 g/mol. The second-order valence-corrected chi connectivity index (χ2v) is 3.13. The van der Waals surface area contributed by atoms with Gasteiger partial charge in [-0.1, -0.05) is 17.7 Å². The van der Waals surface area contributed by atoms with Crippen molar-refractivity contribution in [3.05, 3.63) is 29.3 Å². The zero-order valence-electron chi connectivity index (χ0n) is 7.92. The molecule has 76 valence electrons. The molecule has 14 heavy (non-hydrogen) atoms. The van der Waals surface area contributed by atoms with Gasteiger partial charge in [0.2, 0.25) is 5.91 Å². The summed E-state index contributed by atoms with van der Waals surface area (Å²) in [6.45, 7) is 2.44. The first-order valence-corrected chi connectivity index (χ1v) is 4.73. The molecule has 0 aliphatic carbocycles. The van der Waals surface area contributed by atoms with Gasteiger partial charge >= 0.3 is 0 Å². The van der Waals surface area contributed by atoms with Gasteiger partial charge in [-0.25, -0.2) is 0 Å². The van der Waals surface area contributed by atoms with Gasteiger partial charge in [0.05, 0.1) is 0 Å². The standard InChI is InChI=1S/C10H12ClNO2/c1-2-14-7-10(13)12-9-5-3-4-8(11)6-9/h3-6H,2,7H2,1H3,(H,12,13). The topological polar surface area (TPSA) is 38.3 Å². The lowest BCUT2D eigenvalue weighted by atomic mass is 10.3. The molecule has 0 heterocycles. The molecule has 0 aromatic heterocycles. The van der Waals surface area contributed by atoms with Crippen molar-refractivity contribution in [3.63, 3.8) is 0 Å². The smallest absolute Gasteiger partial charge is 0.250 e. The molecule has 0 bridgehead atoms. The summed E-state index contributed by atoms with van der Waals surface area (Å²) in [5, 5.41) is 3.27. The van der Waals surface area contributed by atoms with E-state index in [-0.39, 0.29) is 12.5 Å². The molecule has 1 aromatic carbocycles. The van der Waals surface area contributed by atoms with E-state index < -0.39 is 0 Å². The normalized spacial score (nSPS) is 9.86. The summed E-state index contributed by atoms with van der Waals surface area (Å²) in [6, 6.07) is 6.99. The van der Waals surface area contributed by atoms with Crippen LogP contribution in [-0.2, 0) is 9.53 Å². The van der Waals surface area contributed by atoms with Crippen molar-refractivity contribution in [3.8, 4) is 0 Å². The molecule has 0 fully saturated rings. The third kappa shape index (κ3) is 3.77. The number of hydrogen-bond acceptors (Lipinski definition) is 2. The van der Waals surface area contributed by atoms with Gasteiger partial charge in [-0.05, 0) is 25.1 Å². The molecule has 0 unspecified atom stereocenters.